The maximum Gasteiger partial charge on any atom is 0.272 e. The van der Waals surface area contributed by atoms with Crippen LogP contribution in [0.2, 0.25) is 5.15 Å². The van der Waals surface area contributed by atoms with Gasteiger partial charge in [0.25, 0.3) is 6.43 Å². The highest BCUT2D eigenvalue weighted by Crippen LogP contribution is 2.32. The lowest BCUT2D eigenvalue weighted by atomic mass is 9.96. The van der Waals surface area contributed by atoms with Crippen LogP contribution in [0.4, 0.5) is 14.6 Å². The largest absolute Gasteiger partial charge is 0.470 e. The van der Waals surface area contributed by atoms with E-state index >= 15 is 0 Å². The van der Waals surface area contributed by atoms with Crippen LogP contribution in [0.5, 0.6) is 5.88 Å². The van der Waals surface area contributed by atoms with Gasteiger partial charge in [-0.3, -0.25) is 9.88 Å². The van der Waals surface area contributed by atoms with Gasteiger partial charge in [-0.1, -0.05) is 11.6 Å². The van der Waals surface area contributed by atoms with E-state index in [-0.39, 0.29) is 17.6 Å². The van der Waals surface area contributed by atoms with Gasteiger partial charge >= 0.3 is 0 Å². The molecule has 2 aromatic rings. The van der Waals surface area contributed by atoms with Crippen LogP contribution < -0.4 is 10.1 Å². The average molecular weight is 434 g/mol. The summed E-state index contributed by atoms with van der Waals surface area (Å²) in [5.74, 6) is 0.542. The number of alkyl halides is 2. The van der Waals surface area contributed by atoms with Crippen molar-refractivity contribution in [3.05, 3.63) is 39.4 Å². The van der Waals surface area contributed by atoms with Crippen molar-refractivity contribution in [2.45, 2.75) is 32.9 Å². The first-order chi connectivity index (χ1) is 14.4. The number of aromatic nitrogens is 3. The number of rotatable bonds is 7. The summed E-state index contributed by atoms with van der Waals surface area (Å²) >= 11 is 6.15. The number of halogens is 3. The smallest absolute Gasteiger partial charge is 0.272 e. The fourth-order valence-electron chi connectivity index (χ4n) is 3.25. The maximum atomic E-state index is 12.3. The standard InChI is InChI=1S/C19H18ClF2N7O/c1-11-15(26-7-17(27-11)30-10-16(21)22)9-29-5-2-12-13(6-24)18(20)28-19(14(12)8-29)25-4-3-23/h7,16H,2,4-5,8-10H2,1H3,(H,25,28). The first kappa shape index (κ1) is 21.6. The molecular weight excluding hydrogens is 416 g/mol. The number of fused-ring (bicyclic) bond motifs is 1. The molecule has 8 nitrogen and oxygen atoms in total. The number of anilines is 1. The summed E-state index contributed by atoms with van der Waals surface area (Å²) in [7, 11) is 0. The van der Waals surface area contributed by atoms with E-state index in [1.165, 1.54) is 6.20 Å². The predicted octanol–water partition coefficient (Wildman–Crippen LogP) is 2.84. The third-order valence-electron chi connectivity index (χ3n) is 4.63. The molecule has 1 aliphatic rings. The summed E-state index contributed by atoms with van der Waals surface area (Å²) in [5.41, 5.74) is 3.28. The average Bonchev–Trinajstić information content (AvgIpc) is 2.72. The van der Waals surface area contributed by atoms with Crippen molar-refractivity contribution in [3.63, 3.8) is 0 Å². The van der Waals surface area contributed by atoms with E-state index in [4.69, 9.17) is 21.6 Å². The number of nitrogens with one attached hydrogen (secondary N) is 1. The Hall–Kier alpha value is -3.08. The van der Waals surface area contributed by atoms with E-state index in [1.54, 1.807) is 6.92 Å². The van der Waals surface area contributed by atoms with Gasteiger partial charge in [0.05, 0.1) is 29.2 Å². The van der Waals surface area contributed by atoms with Gasteiger partial charge in [0, 0.05) is 25.2 Å². The number of pyridine rings is 1. The molecular formula is C19H18ClF2N7O. The predicted molar refractivity (Wildman–Crippen MR) is 104 cm³/mol. The normalized spacial score (nSPS) is 13.4. The highest BCUT2D eigenvalue weighted by Gasteiger charge is 2.26. The highest BCUT2D eigenvalue weighted by atomic mass is 35.5. The van der Waals surface area contributed by atoms with E-state index in [1.807, 2.05) is 6.07 Å². The minimum atomic E-state index is -2.58. The number of nitrogens with zero attached hydrogens (tertiary/aromatic N) is 6. The third kappa shape index (κ3) is 4.90. The Bertz CT molecular complexity index is 1020. The van der Waals surface area contributed by atoms with Crippen molar-refractivity contribution in [2.24, 2.45) is 0 Å². The van der Waals surface area contributed by atoms with Gasteiger partial charge in [-0.2, -0.15) is 10.5 Å². The van der Waals surface area contributed by atoms with Crippen molar-refractivity contribution in [1.82, 2.24) is 19.9 Å². The Labute approximate surface area is 177 Å². The Morgan fingerprint density at radius 3 is 2.80 bits per heavy atom. The SMILES string of the molecule is Cc1nc(OCC(F)F)cnc1CN1CCc2c(C#N)c(Cl)nc(NCC#N)c2C1. The van der Waals surface area contributed by atoms with Crippen molar-refractivity contribution in [2.75, 3.05) is 25.0 Å². The molecule has 30 heavy (non-hydrogen) atoms. The van der Waals surface area contributed by atoms with E-state index in [2.05, 4.69) is 31.2 Å². The molecule has 0 radical (unpaired) electrons. The fourth-order valence-corrected chi connectivity index (χ4v) is 3.49. The van der Waals surface area contributed by atoms with E-state index in [9.17, 15) is 14.0 Å². The lowest BCUT2D eigenvalue weighted by Gasteiger charge is -2.30. The van der Waals surface area contributed by atoms with Crippen LogP contribution in [0.25, 0.3) is 0 Å². The first-order valence-electron chi connectivity index (χ1n) is 9.11. The molecule has 0 aromatic carbocycles. The van der Waals surface area contributed by atoms with Gasteiger partial charge in [-0.25, -0.2) is 18.7 Å². The Balaban J connectivity index is 1.79. The molecule has 0 atom stereocenters. The van der Waals surface area contributed by atoms with Crippen LogP contribution in [-0.2, 0) is 19.5 Å². The summed E-state index contributed by atoms with van der Waals surface area (Å²) in [6.45, 7) is 2.68. The molecule has 0 spiro atoms. The number of aryl methyl sites for hydroxylation is 1. The zero-order valence-electron chi connectivity index (χ0n) is 16.1. The van der Waals surface area contributed by atoms with E-state index in [0.717, 1.165) is 11.1 Å². The molecule has 2 aromatic heterocycles. The molecule has 3 heterocycles. The monoisotopic (exact) mass is 433 g/mol. The molecule has 0 bridgehead atoms. The number of hydrogen-bond acceptors (Lipinski definition) is 8. The molecule has 156 valence electrons. The molecule has 3 rings (SSSR count). The minimum absolute atomic E-state index is 0.0565. The van der Waals surface area contributed by atoms with Crippen molar-refractivity contribution < 1.29 is 13.5 Å². The Morgan fingerprint density at radius 1 is 1.33 bits per heavy atom. The maximum absolute atomic E-state index is 12.3. The molecule has 0 aliphatic carbocycles. The van der Waals surface area contributed by atoms with Crippen molar-refractivity contribution in [3.8, 4) is 18.0 Å². The quantitative estimate of drug-likeness (QED) is 0.524. The van der Waals surface area contributed by atoms with Gasteiger partial charge in [-0.15, -0.1) is 0 Å². The van der Waals surface area contributed by atoms with Crippen molar-refractivity contribution >= 4 is 17.4 Å². The zero-order chi connectivity index (χ0) is 21.7. The van der Waals surface area contributed by atoms with Crippen LogP contribution in [-0.4, -0.2) is 46.0 Å². The summed E-state index contributed by atoms with van der Waals surface area (Å²) in [4.78, 5) is 14.8. The number of nitriles is 2. The van der Waals surface area contributed by atoms with Crippen LogP contribution >= 0.6 is 11.6 Å². The molecule has 11 heteroatoms. The molecule has 1 aliphatic heterocycles. The van der Waals surface area contributed by atoms with Gasteiger partial charge in [0.15, 0.2) is 6.61 Å². The topological polar surface area (TPSA) is 111 Å². The number of hydrogen-bond donors (Lipinski definition) is 1. The van der Waals surface area contributed by atoms with Gasteiger partial charge in [-0.05, 0) is 18.9 Å². The third-order valence-corrected chi connectivity index (χ3v) is 4.91. The minimum Gasteiger partial charge on any atom is -0.470 e. The molecule has 1 N–H and O–H groups in total. The zero-order valence-corrected chi connectivity index (χ0v) is 16.9. The van der Waals surface area contributed by atoms with Crippen LogP contribution in [0.15, 0.2) is 6.20 Å². The second-order valence-corrected chi connectivity index (χ2v) is 6.97. The Kier molecular flexibility index (Phi) is 6.93. The molecule has 0 fully saturated rings. The van der Waals surface area contributed by atoms with Crippen molar-refractivity contribution in [1.29, 1.82) is 10.5 Å². The molecule has 0 unspecified atom stereocenters. The molecule has 0 saturated heterocycles. The number of ether oxygens (including phenoxy) is 1. The summed E-state index contributed by atoms with van der Waals surface area (Å²) in [6, 6.07) is 4.11. The summed E-state index contributed by atoms with van der Waals surface area (Å²) < 4.78 is 29.5. The van der Waals surface area contributed by atoms with E-state index < -0.39 is 13.0 Å². The molecule has 0 saturated carbocycles. The van der Waals surface area contributed by atoms with Gasteiger partial charge in [0.1, 0.15) is 23.6 Å². The summed E-state index contributed by atoms with van der Waals surface area (Å²) in [5, 5.41) is 21.4. The van der Waals surface area contributed by atoms with Gasteiger partial charge in [0.2, 0.25) is 5.88 Å². The lowest BCUT2D eigenvalue weighted by molar-refractivity contribution is 0.0792. The van der Waals surface area contributed by atoms with Crippen LogP contribution in [0, 0.1) is 29.6 Å². The second-order valence-electron chi connectivity index (χ2n) is 6.61. The highest BCUT2D eigenvalue weighted by molar-refractivity contribution is 6.30. The van der Waals surface area contributed by atoms with Crippen LogP contribution in [0.1, 0.15) is 28.1 Å². The Morgan fingerprint density at radius 2 is 2.13 bits per heavy atom. The second kappa shape index (κ2) is 9.61. The lowest BCUT2D eigenvalue weighted by Crippen LogP contribution is -2.32. The first-order valence-corrected chi connectivity index (χ1v) is 9.48. The van der Waals surface area contributed by atoms with Gasteiger partial charge < -0.3 is 10.1 Å². The molecule has 0 amide bonds. The van der Waals surface area contributed by atoms with Crippen LogP contribution in [0.3, 0.4) is 0 Å². The van der Waals surface area contributed by atoms with E-state index in [0.29, 0.717) is 48.8 Å². The fraction of sp³-hybridized carbons (Fsp3) is 0.421. The summed E-state index contributed by atoms with van der Waals surface area (Å²) in [6.07, 6.45) is -0.661.